The number of guanidine groups is 1. The minimum Gasteiger partial charge on any atom is -0.450 e. The van der Waals surface area contributed by atoms with Crippen LogP contribution in [0.15, 0.2) is 0 Å². The number of ether oxygens (including phenoxy) is 1. The first-order valence-corrected chi connectivity index (χ1v) is 7.78. The summed E-state index contributed by atoms with van der Waals surface area (Å²) in [6, 6.07) is 0. The van der Waals surface area contributed by atoms with Gasteiger partial charge in [0, 0.05) is 20.1 Å². The summed E-state index contributed by atoms with van der Waals surface area (Å²) in [5.41, 5.74) is -0.696. The molecule has 0 radical (unpaired) electrons. The van der Waals surface area contributed by atoms with Crippen molar-refractivity contribution in [3.05, 3.63) is 0 Å². The van der Waals surface area contributed by atoms with E-state index in [0.717, 1.165) is 0 Å². The zero-order chi connectivity index (χ0) is 16.9. The summed E-state index contributed by atoms with van der Waals surface area (Å²) in [6.45, 7) is 8.96. The molecule has 1 heterocycles. The predicted octanol–water partition coefficient (Wildman–Crippen LogP) is 1.64. The van der Waals surface area contributed by atoms with Gasteiger partial charge in [-0.1, -0.05) is 13.8 Å². The minimum atomic E-state index is -0.696. The molecule has 7 heteroatoms. The monoisotopic (exact) mass is 312 g/mol. The van der Waals surface area contributed by atoms with Crippen molar-refractivity contribution in [1.29, 1.82) is 5.41 Å². The van der Waals surface area contributed by atoms with E-state index in [1.165, 1.54) is 9.80 Å². The zero-order valence-corrected chi connectivity index (χ0v) is 14.2. The summed E-state index contributed by atoms with van der Waals surface area (Å²) >= 11 is 0. The van der Waals surface area contributed by atoms with Gasteiger partial charge in [-0.25, -0.2) is 4.79 Å². The van der Waals surface area contributed by atoms with Crippen molar-refractivity contribution < 1.29 is 14.3 Å². The Balaban J connectivity index is 2.51. The van der Waals surface area contributed by atoms with E-state index in [2.05, 4.69) is 19.2 Å². The first-order chi connectivity index (χ1) is 10.2. The van der Waals surface area contributed by atoms with Gasteiger partial charge in [-0.3, -0.25) is 15.1 Å². The van der Waals surface area contributed by atoms with Gasteiger partial charge >= 0.3 is 6.09 Å². The Bertz CT molecular complexity index is 439. The molecule has 0 spiro atoms. The van der Waals surface area contributed by atoms with Crippen molar-refractivity contribution in [2.75, 3.05) is 26.7 Å². The molecule has 22 heavy (non-hydrogen) atoms. The van der Waals surface area contributed by atoms with Crippen LogP contribution in [-0.2, 0) is 9.53 Å². The van der Waals surface area contributed by atoms with Gasteiger partial charge in [0.05, 0.1) is 6.61 Å². The summed E-state index contributed by atoms with van der Waals surface area (Å²) < 4.78 is 4.90. The van der Waals surface area contributed by atoms with Gasteiger partial charge in [-0.2, -0.15) is 0 Å². The highest BCUT2D eigenvalue weighted by molar-refractivity contribution is 6.07. The van der Waals surface area contributed by atoms with E-state index in [1.54, 1.807) is 14.0 Å². The molecule has 1 fully saturated rings. The second-order valence-corrected chi connectivity index (χ2v) is 6.33. The van der Waals surface area contributed by atoms with Crippen LogP contribution < -0.4 is 5.32 Å². The molecule has 2 N–H and O–H groups in total. The summed E-state index contributed by atoms with van der Waals surface area (Å²) in [7, 11) is 1.66. The fraction of sp³-hybridized carbons (Fsp3) is 0.800. The Morgan fingerprint density at radius 1 is 1.50 bits per heavy atom. The number of rotatable bonds is 7. The van der Waals surface area contributed by atoms with Crippen LogP contribution >= 0.6 is 0 Å². The summed E-state index contributed by atoms with van der Waals surface area (Å²) in [6.07, 6.45) is 0.921. The topological polar surface area (TPSA) is 85.7 Å². The third-order valence-corrected chi connectivity index (χ3v) is 3.65. The number of carbonyl (C=O) groups is 2. The lowest BCUT2D eigenvalue weighted by atomic mass is 9.91. The molecule has 2 amide bonds. The van der Waals surface area contributed by atoms with Gasteiger partial charge in [-0.05, 0) is 32.6 Å². The SMILES string of the molecule is CCOC(=O)N(C)CCCN1C(=N)NC(C)(CC(C)C)C1=O. The number of nitrogens with one attached hydrogen (secondary N) is 2. The molecule has 126 valence electrons. The number of carbonyl (C=O) groups excluding carboxylic acids is 2. The minimum absolute atomic E-state index is 0.0648. The molecule has 0 bridgehead atoms. The molecular weight excluding hydrogens is 284 g/mol. The molecule has 0 aromatic carbocycles. The number of amides is 2. The second-order valence-electron chi connectivity index (χ2n) is 6.33. The van der Waals surface area contributed by atoms with Gasteiger partial charge in [-0.15, -0.1) is 0 Å². The van der Waals surface area contributed by atoms with Gasteiger partial charge < -0.3 is 15.0 Å². The van der Waals surface area contributed by atoms with Crippen molar-refractivity contribution >= 4 is 18.0 Å². The average molecular weight is 312 g/mol. The molecule has 7 nitrogen and oxygen atoms in total. The van der Waals surface area contributed by atoms with Crippen molar-refractivity contribution in [2.24, 2.45) is 5.92 Å². The first-order valence-electron chi connectivity index (χ1n) is 7.78. The van der Waals surface area contributed by atoms with E-state index >= 15 is 0 Å². The quantitative estimate of drug-likeness (QED) is 0.748. The highest BCUT2D eigenvalue weighted by atomic mass is 16.5. The smallest absolute Gasteiger partial charge is 0.409 e. The average Bonchev–Trinajstić information content (AvgIpc) is 2.60. The molecule has 1 unspecified atom stereocenters. The molecule has 0 saturated carbocycles. The second kappa shape index (κ2) is 7.47. The standard InChI is InChI=1S/C15H28N4O3/c1-6-22-14(21)18(5)8-7-9-19-12(20)15(4,10-11(2)3)17-13(19)16/h11H,6-10H2,1-5H3,(H2,16,17). The molecular formula is C15H28N4O3. The van der Waals surface area contributed by atoms with Gasteiger partial charge in [0.15, 0.2) is 5.96 Å². The third-order valence-electron chi connectivity index (χ3n) is 3.65. The molecule has 1 rings (SSSR count). The Hall–Kier alpha value is -1.79. The summed E-state index contributed by atoms with van der Waals surface area (Å²) in [4.78, 5) is 26.9. The van der Waals surface area contributed by atoms with E-state index in [1.807, 2.05) is 6.92 Å². The Morgan fingerprint density at radius 3 is 2.68 bits per heavy atom. The van der Waals surface area contributed by atoms with Crippen LogP contribution in [-0.4, -0.2) is 60.0 Å². The van der Waals surface area contributed by atoms with Gasteiger partial charge in [0.2, 0.25) is 0 Å². The third kappa shape index (κ3) is 4.35. The van der Waals surface area contributed by atoms with Crippen LogP contribution in [0, 0.1) is 11.3 Å². The van der Waals surface area contributed by atoms with Crippen LogP contribution in [0.1, 0.15) is 40.5 Å². The maximum atomic E-state index is 12.5. The van der Waals surface area contributed by atoms with E-state index < -0.39 is 5.54 Å². The fourth-order valence-corrected chi connectivity index (χ4v) is 2.74. The molecule has 1 aliphatic rings. The molecule has 1 aliphatic heterocycles. The van der Waals surface area contributed by atoms with Crippen LogP contribution in [0.2, 0.25) is 0 Å². The summed E-state index contributed by atoms with van der Waals surface area (Å²) in [5.74, 6) is 0.445. The molecule has 0 aliphatic carbocycles. The fourth-order valence-electron chi connectivity index (χ4n) is 2.74. The molecule has 0 aromatic heterocycles. The van der Waals surface area contributed by atoms with Crippen LogP contribution in [0.25, 0.3) is 0 Å². The van der Waals surface area contributed by atoms with E-state index in [4.69, 9.17) is 10.1 Å². The van der Waals surface area contributed by atoms with Crippen molar-refractivity contribution in [1.82, 2.24) is 15.1 Å². The van der Waals surface area contributed by atoms with Gasteiger partial charge in [0.25, 0.3) is 5.91 Å². The predicted molar refractivity (Wildman–Crippen MR) is 84.7 cm³/mol. The number of nitrogens with zero attached hydrogens (tertiary/aromatic N) is 2. The van der Waals surface area contributed by atoms with E-state index in [-0.39, 0.29) is 18.0 Å². The Labute approximate surface area is 132 Å². The zero-order valence-electron chi connectivity index (χ0n) is 14.2. The lowest BCUT2D eigenvalue weighted by Crippen LogP contribution is -2.45. The van der Waals surface area contributed by atoms with Crippen molar-refractivity contribution in [3.8, 4) is 0 Å². The van der Waals surface area contributed by atoms with Crippen LogP contribution in [0.3, 0.4) is 0 Å². The van der Waals surface area contributed by atoms with Crippen molar-refractivity contribution in [2.45, 2.75) is 46.1 Å². The molecule has 0 aromatic rings. The first kappa shape index (κ1) is 18.3. The highest BCUT2D eigenvalue weighted by Gasteiger charge is 2.45. The normalized spacial score (nSPS) is 21.3. The van der Waals surface area contributed by atoms with Crippen LogP contribution in [0.4, 0.5) is 4.79 Å². The Kier molecular flexibility index (Phi) is 6.20. The number of hydrogen-bond acceptors (Lipinski definition) is 4. The molecule has 1 atom stereocenters. The van der Waals surface area contributed by atoms with Gasteiger partial charge in [0.1, 0.15) is 5.54 Å². The van der Waals surface area contributed by atoms with E-state index in [9.17, 15) is 9.59 Å². The maximum absolute atomic E-state index is 12.5. The lowest BCUT2D eigenvalue weighted by molar-refractivity contribution is -0.131. The highest BCUT2D eigenvalue weighted by Crippen LogP contribution is 2.24. The van der Waals surface area contributed by atoms with E-state index in [0.29, 0.717) is 38.5 Å². The largest absolute Gasteiger partial charge is 0.450 e. The molecule has 1 saturated heterocycles. The maximum Gasteiger partial charge on any atom is 0.409 e. The summed E-state index contributed by atoms with van der Waals surface area (Å²) in [5, 5.41) is 11.0. The van der Waals surface area contributed by atoms with Crippen molar-refractivity contribution in [3.63, 3.8) is 0 Å². The Morgan fingerprint density at radius 2 is 2.14 bits per heavy atom. The lowest BCUT2D eigenvalue weighted by Gasteiger charge is -2.24. The van der Waals surface area contributed by atoms with Crippen LogP contribution in [0.5, 0.6) is 0 Å². The number of hydrogen-bond donors (Lipinski definition) is 2.